The number of hydrogen-bond donors (Lipinski definition) is 0. The van der Waals surface area contributed by atoms with Crippen LogP contribution in [0, 0.1) is 10.1 Å². The van der Waals surface area contributed by atoms with E-state index in [0.29, 0.717) is 13.0 Å². The van der Waals surface area contributed by atoms with Crippen molar-refractivity contribution in [3.63, 3.8) is 0 Å². The first-order valence-corrected chi connectivity index (χ1v) is 5.53. The summed E-state index contributed by atoms with van der Waals surface area (Å²) in [4.78, 5) is 23.7. The fourth-order valence-electron chi connectivity index (χ4n) is 1.82. The molecule has 0 aliphatic carbocycles. The number of benzene rings is 1. The van der Waals surface area contributed by atoms with Crippen LogP contribution in [0.3, 0.4) is 0 Å². The summed E-state index contributed by atoms with van der Waals surface area (Å²) in [6.45, 7) is 0.589. The van der Waals surface area contributed by atoms with Crippen molar-refractivity contribution < 1.29 is 9.72 Å². The number of carbonyl (C=O) groups excluding carboxylic acids is 1. The van der Waals surface area contributed by atoms with E-state index in [9.17, 15) is 14.9 Å². The van der Waals surface area contributed by atoms with Crippen molar-refractivity contribution in [2.24, 2.45) is 0 Å². The van der Waals surface area contributed by atoms with Gasteiger partial charge in [-0.05, 0) is 18.1 Å². The molecule has 1 aliphatic rings. The summed E-state index contributed by atoms with van der Waals surface area (Å²) in [5.41, 5.74) is 0.833. The molecule has 0 saturated carbocycles. The predicted molar refractivity (Wildman–Crippen MR) is 61.5 cm³/mol. The average Bonchev–Trinajstić information content (AvgIpc) is 2.23. The van der Waals surface area contributed by atoms with Gasteiger partial charge in [0.1, 0.15) is 5.56 Å². The average molecular weight is 285 g/mol. The van der Waals surface area contributed by atoms with Gasteiger partial charge in [-0.2, -0.15) is 0 Å². The number of carbonyl (C=O) groups is 1. The van der Waals surface area contributed by atoms with Crippen molar-refractivity contribution in [2.75, 3.05) is 13.6 Å². The number of amides is 1. The highest BCUT2D eigenvalue weighted by Crippen LogP contribution is 2.32. The van der Waals surface area contributed by atoms with Crippen molar-refractivity contribution in [3.8, 4) is 0 Å². The van der Waals surface area contributed by atoms with Gasteiger partial charge in [-0.3, -0.25) is 14.9 Å². The Morgan fingerprint density at radius 2 is 2.19 bits per heavy atom. The molecule has 84 valence electrons. The molecule has 5 nitrogen and oxygen atoms in total. The first-order valence-electron chi connectivity index (χ1n) is 4.73. The molecule has 1 heterocycles. The smallest absolute Gasteiger partial charge is 0.282 e. The molecular weight excluding hydrogens is 276 g/mol. The number of fused-ring (bicyclic) bond motifs is 1. The molecule has 1 aliphatic heterocycles. The van der Waals surface area contributed by atoms with Crippen molar-refractivity contribution in [1.29, 1.82) is 0 Å². The lowest BCUT2D eigenvalue weighted by Crippen LogP contribution is -2.34. The van der Waals surface area contributed by atoms with Crippen LogP contribution in [0.5, 0.6) is 0 Å². The SMILES string of the molecule is CN1CCc2c(Br)ccc([N+](=O)[O-])c2C1=O. The number of likely N-dealkylation sites (N-methyl/N-ethyl adjacent to an activating group) is 1. The van der Waals surface area contributed by atoms with Gasteiger partial charge >= 0.3 is 0 Å². The zero-order valence-corrected chi connectivity index (χ0v) is 10.2. The summed E-state index contributed by atoms with van der Waals surface area (Å²) in [5, 5.41) is 10.9. The molecular formula is C10H9BrN2O3. The van der Waals surface area contributed by atoms with E-state index >= 15 is 0 Å². The minimum Gasteiger partial charge on any atom is -0.341 e. The zero-order chi connectivity index (χ0) is 11.9. The van der Waals surface area contributed by atoms with Gasteiger partial charge in [0.25, 0.3) is 11.6 Å². The maximum Gasteiger partial charge on any atom is 0.282 e. The van der Waals surface area contributed by atoms with Crippen LogP contribution >= 0.6 is 15.9 Å². The Hall–Kier alpha value is -1.43. The molecule has 1 aromatic carbocycles. The molecule has 1 amide bonds. The third-order valence-electron chi connectivity index (χ3n) is 2.69. The minimum absolute atomic E-state index is 0.116. The molecule has 0 unspecified atom stereocenters. The van der Waals surface area contributed by atoms with Gasteiger partial charge in [0, 0.05) is 24.1 Å². The Morgan fingerprint density at radius 3 is 2.81 bits per heavy atom. The fourth-order valence-corrected chi connectivity index (χ4v) is 2.35. The number of hydrogen-bond acceptors (Lipinski definition) is 3. The van der Waals surface area contributed by atoms with Crippen molar-refractivity contribution in [3.05, 3.63) is 37.8 Å². The second-order valence-corrected chi connectivity index (χ2v) is 4.51. The quantitative estimate of drug-likeness (QED) is 0.585. The fraction of sp³-hybridized carbons (Fsp3) is 0.300. The highest BCUT2D eigenvalue weighted by atomic mass is 79.9. The maximum atomic E-state index is 11.9. The molecule has 1 aromatic rings. The summed E-state index contributed by atoms with van der Waals surface area (Å²) in [5.74, 6) is -0.283. The Balaban J connectivity index is 2.69. The van der Waals surface area contributed by atoms with Gasteiger partial charge < -0.3 is 4.90 Å². The van der Waals surface area contributed by atoms with Gasteiger partial charge in [0.15, 0.2) is 0 Å². The monoisotopic (exact) mass is 284 g/mol. The van der Waals surface area contributed by atoms with Gasteiger partial charge in [-0.15, -0.1) is 0 Å². The predicted octanol–water partition coefficient (Wildman–Crippen LogP) is 1.99. The topological polar surface area (TPSA) is 63.4 Å². The van der Waals surface area contributed by atoms with Crippen LogP contribution < -0.4 is 0 Å². The van der Waals surface area contributed by atoms with Gasteiger partial charge in [0.05, 0.1) is 4.92 Å². The summed E-state index contributed by atoms with van der Waals surface area (Å²) in [6, 6.07) is 2.98. The summed E-state index contributed by atoms with van der Waals surface area (Å²) >= 11 is 3.32. The second kappa shape index (κ2) is 3.86. The number of nitro groups is 1. The Labute approximate surface area is 100 Å². The van der Waals surface area contributed by atoms with E-state index in [2.05, 4.69) is 15.9 Å². The molecule has 0 radical (unpaired) electrons. The lowest BCUT2D eigenvalue weighted by molar-refractivity contribution is -0.385. The van der Waals surface area contributed by atoms with E-state index in [4.69, 9.17) is 0 Å². The van der Waals surface area contributed by atoms with Crippen LogP contribution in [0.1, 0.15) is 15.9 Å². The molecule has 0 N–H and O–H groups in total. The Bertz CT molecular complexity index is 487. The van der Waals surface area contributed by atoms with Crippen LogP contribution in [0.2, 0.25) is 0 Å². The lowest BCUT2D eigenvalue weighted by atomic mass is 9.98. The van der Waals surface area contributed by atoms with Gasteiger partial charge in [-0.25, -0.2) is 0 Å². The molecule has 0 saturated heterocycles. The summed E-state index contributed by atoms with van der Waals surface area (Å²) in [6.07, 6.45) is 0.639. The standard InChI is InChI=1S/C10H9BrN2O3/c1-12-5-4-6-7(11)2-3-8(13(15)16)9(6)10(12)14/h2-3H,4-5H2,1H3. The first-order chi connectivity index (χ1) is 7.52. The molecule has 0 spiro atoms. The van der Waals surface area contributed by atoms with E-state index in [1.54, 1.807) is 13.1 Å². The molecule has 2 rings (SSSR count). The normalized spacial score (nSPS) is 14.9. The van der Waals surface area contributed by atoms with Crippen molar-refractivity contribution in [1.82, 2.24) is 4.90 Å². The number of halogens is 1. The highest BCUT2D eigenvalue weighted by molar-refractivity contribution is 9.10. The molecule has 6 heteroatoms. The Morgan fingerprint density at radius 1 is 1.50 bits per heavy atom. The maximum absolute atomic E-state index is 11.9. The van der Waals surface area contributed by atoms with E-state index in [1.807, 2.05) is 0 Å². The van der Waals surface area contributed by atoms with E-state index in [-0.39, 0.29) is 17.2 Å². The van der Waals surface area contributed by atoms with Crippen LogP contribution in [0.15, 0.2) is 16.6 Å². The third-order valence-corrected chi connectivity index (χ3v) is 3.43. The third kappa shape index (κ3) is 1.59. The van der Waals surface area contributed by atoms with Crippen LogP contribution in [0.4, 0.5) is 5.69 Å². The summed E-state index contributed by atoms with van der Waals surface area (Å²) < 4.78 is 0.759. The van der Waals surface area contributed by atoms with Crippen LogP contribution in [-0.2, 0) is 6.42 Å². The van der Waals surface area contributed by atoms with Gasteiger partial charge in [0.2, 0.25) is 0 Å². The largest absolute Gasteiger partial charge is 0.341 e. The Kier molecular flexibility index (Phi) is 2.67. The van der Waals surface area contributed by atoms with Crippen molar-refractivity contribution in [2.45, 2.75) is 6.42 Å². The molecule has 0 bridgehead atoms. The molecule has 0 fully saturated rings. The highest BCUT2D eigenvalue weighted by Gasteiger charge is 2.31. The van der Waals surface area contributed by atoms with E-state index in [0.717, 1.165) is 10.0 Å². The second-order valence-electron chi connectivity index (χ2n) is 3.65. The zero-order valence-electron chi connectivity index (χ0n) is 8.57. The lowest BCUT2D eigenvalue weighted by Gasteiger charge is -2.25. The van der Waals surface area contributed by atoms with E-state index in [1.165, 1.54) is 11.0 Å². The first kappa shape index (κ1) is 11.1. The molecule has 16 heavy (non-hydrogen) atoms. The van der Waals surface area contributed by atoms with Crippen LogP contribution in [-0.4, -0.2) is 29.3 Å². The van der Waals surface area contributed by atoms with Crippen LogP contribution in [0.25, 0.3) is 0 Å². The van der Waals surface area contributed by atoms with Crippen molar-refractivity contribution >= 4 is 27.5 Å². The molecule has 0 aromatic heterocycles. The number of nitrogens with zero attached hydrogens (tertiary/aromatic N) is 2. The molecule has 0 atom stereocenters. The van der Waals surface area contributed by atoms with E-state index < -0.39 is 4.92 Å². The van der Waals surface area contributed by atoms with Gasteiger partial charge in [-0.1, -0.05) is 15.9 Å². The number of nitro benzene ring substituents is 1. The summed E-state index contributed by atoms with van der Waals surface area (Å²) in [7, 11) is 1.65. The minimum atomic E-state index is -0.512. The number of rotatable bonds is 1.